The Morgan fingerprint density at radius 3 is 2.73 bits per heavy atom. The summed E-state index contributed by atoms with van der Waals surface area (Å²) < 4.78 is 1.11. The Hall–Kier alpha value is -2.35. The van der Waals surface area contributed by atoms with Gasteiger partial charge >= 0.3 is 0 Å². The van der Waals surface area contributed by atoms with Crippen LogP contribution in [-0.4, -0.2) is 59.8 Å². The number of hydrogen-bond donors (Lipinski definition) is 2. The molecular weight excluding hydrogens is 495 g/mol. The molecule has 30 heavy (non-hydrogen) atoms. The predicted octanol–water partition coefficient (Wildman–Crippen LogP) is 1.81. The van der Waals surface area contributed by atoms with Crippen LogP contribution >= 0.6 is 22.6 Å². The Balaban J connectivity index is 1.65. The summed E-state index contributed by atoms with van der Waals surface area (Å²) in [6.07, 6.45) is 6.32. The van der Waals surface area contributed by atoms with Gasteiger partial charge in [-0.05, 0) is 72.4 Å². The number of aliphatic imine (C=N–C) groups is 1. The number of nitrogens with zero attached hydrogens (tertiary/aromatic N) is 4. The van der Waals surface area contributed by atoms with Crippen molar-refractivity contribution in [3.05, 3.63) is 33.4 Å². The van der Waals surface area contributed by atoms with Gasteiger partial charge in [0, 0.05) is 23.2 Å². The first kappa shape index (κ1) is 22.3. The van der Waals surface area contributed by atoms with Crippen LogP contribution in [0.2, 0.25) is 0 Å². The van der Waals surface area contributed by atoms with Crippen molar-refractivity contribution in [3.63, 3.8) is 0 Å². The highest BCUT2D eigenvalue weighted by molar-refractivity contribution is 14.1. The van der Waals surface area contributed by atoms with Crippen LogP contribution in [0.5, 0.6) is 0 Å². The monoisotopic (exact) mass is 522 g/mol. The lowest BCUT2D eigenvalue weighted by Crippen LogP contribution is -2.52. The SMILES string of the molecule is N#CNC(=NCc1cccc(I)c1)NC1CCCCN(CC(=O)N2CCCC2)C1=O. The molecule has 0 aliphatic carbocycles. The summed E-state index contributed by atoms with van der Waals surface area (Å²) in [4.78, 5) is 33.5. The number of hydrogen-bond acceptors (Lipinski definition) is 4. The minimum absolute atomic E-state index is 0.0178. The number of carbonyl (C=O) groups excluding carboxylic acids is 2. The number of likely N-dealkylation sites (tertiary alicyclic amines) is 2. The van der Waals surface area contributed by atoms with Crippen LogP contribution in [0.15, 0.2) is 29.3 Å². The molecule has 0 aromatic heterocycles. The minimum atomic E-state index is -0.505. The first-order valence-corrected chi connectivity index (χ1v) is 11.4. The fraction of sp³-hybridized carbons (Fsp3) is 0.524. The topological polar surface area (TPSA) is 101 Å². The van der Waals surface area contributed by atoms with Crippen LogP contribution in [0.3, 0.4) is 0 Å². The second-order valence-corrected chi connectivity index (χ2v) is 8.82. The number of amides is 2. The highest BCUT2D eigenvalue weighted by Gasteiger charge is 2.30. The maximum atomic E-state index is 13.1. The molecule has 1 atom stereocenters. The second kappa shape index (κ2) is 11.2. The fourth-order valence-corrected chi connectivity index (χ4v) is 4.38. The molecule has 2 fully saturated rings. The lowest BCUT2D eigenvalue weighted by Gasteiger charge is -2.27. The van der Waals surface area contributed by atoms with Crippen molar-refractivity contribution in [1.82, 2.24) is 20.4 Å². The molecule has 0 radical (unpaired) electrons. The summed E-state index contributed by atoms with van der Waals surface area (Å²) in [7, 11) is 0. The van der Waals surface area contributed by atoms with Gasteiger partial charge in [0.2, 0.25) is 17.8 Å². The molecule has 1 unspecified atom stereocenters. The van der Waals surface area contributed by atoms with E-state index in [2.05, 4.69) is 38.2 Å². The zero-order chi connectivity index (χ0) is 21.3. The Kier molecular flexibility index (Phi) is 8.30. The highest BCUT2D eigenvalue weighted by atomic mass is 127. The summed E-state index contributed by atoms with van der Waals surface area (Å²) in [5.74, 6) is 0.188. The summed E-state index contributed by atoms with van der Waals surface area (Å²) in [6, 6.07) is 7.45. The van der Waals surface area contributed by atoms with Gasteiger partial charge in [-0.15, -0.1) is 0 Å². The molecule has 2 saturated heterocycles. The lowest BCUT2D eigenvalue weighted by atomic mass is 10.1. The van der Waals surface area contributed by atoms with Crippen molar-refractivity contribution < 1.29 is 9.59 Å². The number of guanidine groups is 1. The van der Waals surface area contributed by atoms with E-state index in [-0.39, 0.29) is 24.3 Å². The van der Waals surface area contributed by atoms with E-state index in [1.54, 1.807) is 4.90 Å². The number of rotatable bonds is 5. The van der Waals surface area contributed by atoms with Gasteiger partial charge in [0.25, 0.3) is 0 Å². The van der Waals surface area contributed by atoms with E-state index in [0.29, 0.717) is 19.5 Å². The number of nitrogens with one attached hydrogen (secondary N) is 2. The van der Waals surface area contributed by atoms with Crippen LogP contribution in [0.4, 0.5) is 0 Å². The van der Waals surface area contributed by atoms with Gasteiger partial charge in [-0.3, -0.25) is 14.9 Å². The molecule has 2 N–H and O–H groups in total. The van der Waals surface area contributed by atoms with E-state index in [0.717, 1.165) is 47.9 Å². The minimum Gasteiger partial charge on any atom is -0.344 e. The van der Waals surface area contributed by atoms with E-state index in [1.807, 2.05) is 35.4 Å². The zero-order valence-corrected chi connectivity index (χ0v) is 19.1. The average Bonchev–Trinajstić information content (AvgIpc) is 3.22. The quantitative estimate of drug-likeness (QED) is 0.202. The van der Waals surface area contributed by atoms with E-state index < -0.39 is 6.04 Å². The first-order valence-electron chi connectivity index (χ1n) is 10.3. The highest BCUT2D eigenvalue weighted by Crippen LogP contribution is 2.15. The predicted molar refractivity (Wildman–Crippen MR) is 122 cm³/mol. The summed E-state index contributed by atoms with van der Waals surface area (Å²) >= 11 is 2.24. The van der Waals surface area contributed by atoms with Gasteiger partial charge < -0.3 is 15.1 Å². The number of carbonyl (C=O) groups is 2. The number of halogens is 1. The van der Waals surface area contributed by atoms with Gasteiger partial charge in [-0.25, -0.2) is 4.99 Å². The average molecular weight is 522 g/mol. The van der Waals surface area contributed by atoms with Crippen molar-refractivity contribution in [2.75, 3.05) is 26.2 Å². The Bertz CT molecular complexity index is 831. The summed E-state index contributed by atoms with van der Waals surface area (Å²) in [5.41, 5.74) is 1.02. The molecule has 0 saturated carbocycles. The van der Waals surface area contributed by atoms with E-state index in [1.165, 1.54) is 0 Å². The van der Waals surface area contributed by atoms with Gasteiger partial charge in [-0.2, -0.15) is 5.26 Å². The smallest absolute Gasteiger partial charge is 0.245 e. The molecular formula is C21H27IN6O2. The molecule has 160 valence electrons. The largest absolute Gasteiger partial charge is 0.344 e. The number of benzene rings is 1. The molecule has 2 amide bonds. The fourth-order valence-electron chi connectivity index (χ4n) is 3.77. The third-order valence-corrected chi connectivity index (χ3v) is 6.03. The van der Waals surface area contributed by atoms with Crippen molar-refractivity contribution in [3.8, 4) is 6.19 Å². The van der Waals surface area contributed by atoms with Crippen molar-refractivity contribution >= 4 is 40.4 Å². The molecule has 1 aromatic rings. The second-order valence-electron chi connectivity index (χ2n) is 7.57. The first-order chi connectivity index (χ1) is 14.6. The molecule has 9 heteroatoms. The molecule has 8 nitrogen and oxygen atoms in total. The molecule has 2 aliphatic heterocycles. The molecule has 2 aliphatic rings. The zero-order valence-electron chi connectivity index (χ0n) is 16.9. The van der Waals surface area contributed by atoms with Crippen LogP contribution in [0, 0.1) is 15.0 Å². The molecule has 0 bridgehead atoms. The molecule has 2 heterocycles. The Morgan fingerprint density at radius 2 is 2.00 bits per heavy atom. The van der Waals surface area contributed by atoms with Gasteiger partial charge in [0.1, 0.15) is 6.04 Å². The van der Waals surface area contributed by atoms with Gasteiger partial charge in [0.05, 0.1) is 13.1 Å². The maximum absolute atomic E-state index is 13.1. The normalized spacial score (nSPS) is 19.9. The Morgan fingerprint density at radius 1 is 1.23 bits per heavy atom. The standard InChI is InChI=1S/C21H27IN6O2/c22-17-7-5-6-16(12-17)13-24-21(25-15-23)26-18-8-1-2-11-28(20(18)30)14-19(29)27-9-3-4-10-27/h5-7,12,18H,1-4,8-11,13-14H2,(H2,24,25,26). The molecule has 1 aromatic carbocycles. The van der Waals surface area contributed by atoms with E-state index in [4.69, 9.17) is 5.26 Å². The van der Waals surface area contributed by atoms with Crippen LogP contribution in [-0.2, 0) is 16.1 Å². The van der Waals surface area contributed by atoms with Crippen LogP contribution in [0.1, 0.15) is 37.7 Å². The maximum Gasteiger partial charge on any atom is 0.245 e. The number of nitriles is 1. The third kappa shape index (κ3) is 6.32. The van der Waals surface area contributed by atoms with Crippen molar-refractivity contribution in [1.29, 1.82) is 5.26 Å². The van der Waals surface area contributed by atoms with Crippen molar-refractivity contribution in [2.45, 2.75) is 44.7 Å². The Labute approximate surface area is 190 Å². The van der Waals surface area contributed by atoms with Crippen LogP contribution in [0.25, 0.3) is 0 Å². The molecule has 3 rings (SSSR count). The summed E-state index contributed by atoms with van der Waals surface area (Å²) in [5, 5.41) is 14.7. The van der Waals surface area contributed by atoms with Gasteiger partial charge in [-0.1, -0.05) is 12.1 Å². The van der Waals surface area contributed by atoms with E-state index >= 15 is 0 Å². The third-order valence-electron chi connectivity index (χ3n) is 5.36. The molecule has 0 spiro atoms. The van der Waals surface area contributed by atoms with Gasteiger partial charge in [0.15, 0.2) is 6.19 Å². The summed E-state index contributed by atoms with van der Waals surface area (Å²) in [6.45, 7) is 2.66. The van der Waals surface area contributed by atoms with E-state index in [9.17, 15) is 9.59 Å². The van der Waals surface area contributed by atoms with Crippen LogP contribution < -0.4 is 10.6 Å². The van der Waals surface area contributed by atoms with Crippen molar-refractivity contribution in [2.24, 2.45) is 4.99 Å². The lowest BCUT2D eigenvalue weighted by molar-refractivity contribution is -0.140.